The molecule has 0 aliphatic carbocycles. The van der Waals surface area contributed by atoms with Crippen LogP contribution in [0, 0.1) is 6.92 Å². The zero-order valence-electron chi connectivity index (χ0n) is 10.6. The second-order valence-electron chi connectivity index (χ2n) is 4.27. The van der Waals surface area contributed by atoms with Crippen molar-refractivity contribution in [1.29, 1.82) is 0 Å². The number of aldehydes is 1. The maximum Gasteiger partial charge on any atom is 0.573 e. The third-order valence-corrected chi connectivity index (χ3v) is 2.78. The van der Waals surface area contributed by atoms with Gasteiger partial charge in [0.05, 0.1) is 0 Å². The third kappa shape index (κ3) is 3.38. The summed E-state index contributed by atoms with van der Waals surface area (Å²) >= 11 is 0. The number of halogens is 3. The lowest BCUT2D eigenvalue weighted by Crippen LogP contribution is -2.17. The van der Waals surface area contributed by atoms with Gasteiger partial charge in [0.1, 0.15) is 12.0 Å². The van der Waals surface area contributed by atoms with Gasteiger partial charge in [-0.25, -0.2) is 0 Å². The number of aryl methyl sites for hydroxylation is 1. The minimum atomic E-state index is -4.72. The van der Waals surface area contributed by atoms with Crippen molar-refractivity contribution in [3.8, 4) is 16.9 Å². The molecule has 0 bridgehead atoms. The lowest BCUT2D eigenvalue weighted by atomic mass is 9.98. The molecular formula is C15H11F3O2. The molecule has 0 amide bonds. The molecule has 0 aliphatic rings. The van der Waals surface area contributed by atoms with Crippen LogP contribution in [0.25, 0.3) is 11.1 Å². The first-order chi connectivity index (χ1) is 9.39. The van der Waals surface area contributed by atoms with Crippen LogP contribution in [0.4, 0.5) is 13.2 Å². The summed E-state index contributed by atoms with van der Waals surface area (Å²) in [6, 6.07) is 10.7. The Morgan fingerprint density at radius 2 is 1.85 bits per heavy atom. The van der Waals surface area contributed by atoms with Crippen molar-refractivity contribution in [2.45, 2.75) is 13.3 Å². The van der Waals surface area contributed by atoms with Crippen LogP contribution in [0.1, 0.15) is 15.9 Å². The van der Waals surface area contributed by atoms with Crippen molar-refractivity contribution < 1.29 is 22.7 Å². The summed E-state index contributed by atoms with van der Waals surface area (Å²) in [6.07, 6.45) is -4.03. The fourth-order valence-electron chi connectivity index (χ4n) is 1.88. The summed E-state index contributed by atoms with van der Waals surface area (Å²) in [5, 5.41) is 0. The summed E-state index contributed by atoms with van der Waals surface area (Å²) in [4.78, 5) is 10.8. The van der Waals surface area contributed by atoms with Gasteiger partial charge in [-0.1, -0.05) is 24.3 Å². The van der Waals surface area contributed by atoms with Crippen molar-refractivity contribution in [3.05, 3.63) is 53.6 Å². The highest BCUT2D eigenvalue weighted by Gasteiger charge is 2.31. The van der Waals surface area contributed by atoms with E-state index in [1.54, 1.807) is 24.3 Å². The number of ether oxygens (including phenoxy) is 1. The standard InChI is InChI=1S/C15H11F3O2/c1-10-5-6-11(9-19)7-14(10)12-3-2-4-13(8-12)20-15(16,17)18/h2-9H,1H3. The van der Waals surface area contributed by atoms with E-state index in [-0.39, 0.29) is 5.75 Å². The molecule has 2 nitrogen and oxygen atoms in total. The number of benzene rings is 2. The average Bonchev–Trinajstić information content (AvgIpc) is 2.37. The molecule has 0 saturated heterocycles. The van der Waals surface area contributed by atoms with E-state index in [2.05, 4.69) is 4.74 Å². The predicted octanol–water partition coefficient (Wildman–Crippen LogP) is 4.37. The molecule has 0 N–H and O–H groups in total. The first-order valence-electron chi connectivity index (χ1n) is 5.81. The lowest BCUT2D eigenvalue weighted by Gasteiger charge is -2.11. The number of hydrogen-bond acceptors (Lipinski definition) is 2. The zero-order chi connectivity index (χ0) is 14.8. The van der Waals surface area contributed by atoms with Crippen molar-refractivity contribution >= 4 is 6.29 Å². The topological polar surface area (TPSA) is 26.3 Å². The normalized spacial score (nSPS) is 11.2. The van der Waals surface area contributed by atoms with Gasteiger partial charge < -0.3 is 4.74 Å². The van der Waals surface area contributed by atoms with Crippen LogP contribution in [0.5, 0.6) is 5.75 Å². The SMILES string of the molecule is Cc1ccc(C=O)cc1-c1cccc(OC(F)(F)F)c1. The quantitative estimate of drug-likeness (QED) is 0.780. The molecule has 104 valence electrons. The molecule has 0 spiro atoms. The van der Waals surface area contributed by atoms with Gasteiger partial charge in [0, 0.05) is 5.56 Å². The molecule has 0 atom stereocenters. The maximum atomic E-state index is 12.2. The number of alkyl halides is 3. The second kappa shape index (κ2) is 5.36. The molecule has 2 aromatic rings. The molecule has 2 rings (SSSR count). The summed E-state index contributed by atoms with van der Waals surface area (Å²) in [7, 11) is 0. The molecule has 0 aromatic heterocycles. The van der Waals surface area contributed by atoms with Gasteiger partial charge in [0.2, 0.25) is 0 Å². The van der Waals surface area contributed by atoms with E-state index >= 15 is 0 Å². The molecule has 0 aliphatic heterocycles. The number of carbonyl (C=O) groups excluding carboxylic acids is 1. The van der Waals surface area contributed by atoms with Crippen LogP contribution >= 0.6 is 0 Å². The molecule has 5 heteroatoms. The van der Waals surface area contributed by atoms with Crippen LogP contribution < -0.4 is 4.74 Å². The Balaban J connectivity index is 2.43. The summed E-state index contributed by atoms with van der Waals surface area (Å²) in [5.41, 5.74) is 2.59. The number of hydrogen-bond donors (Lipinski definition) is 0. The minimum Gasteiger partial charge on any atom is -0.406 e. The first-order valence-corrected chi connectivity index (χ1v) is 5.81. The molecule has 20 heavy (non-hydrogen) atoms. The predicted molar refractivity (Wildman–Crippen MR) is 68.7 cm³/mol. The summed E-state index contributed by atoms with van der Waals surface area (Å²) in [5.74, 6) is -0.286. The second-order valence-corrected chi connectivity index (χ2v) is 4.27. The van der Waals surface area contributed by atoms with E-state index in [0.29, 0.717) is 23.0 Å². The Kier molecular flexibility index (Phi) is 3.79. The Hall–Kier alpha value is -2.30. The van der Waals surface area contributed by atoms with Crippen molar-refractivity contribution in [2.24, 2.45) is 0 Å². The Morgan fingerprint density at radius 3 is 2.50 bits per heavy atom. The van der Waals surface area contributed by atoms with E-state index in [9.17, 15) is 18.0 Å². The van der Waals surface area contributed by atoms with Crippen molar-refractivity contribution in [1.82, 2.24) is 0 Å². The number of rotatable bonds is 3. The molecule has 0 unspecified atom stereocenters. The van der Waals surface area contributed by atoms with Crippen LogP contribution in [-0.4, -0.2) is 12.6 Å². The van der Waals surface area contributed by atoms with Crippen molar-refractivity contribution in [2.75, 3.05) is 0 Å². The van der Waals surface area contributed by atoms with E-state index in [1.165, 1.54) is 18.2 Å². The maximum absolute atomic E-state index is 12.2. The highest BCUT2D eigenvalue weighted by Crippen LogP contribution is 2.30. The molecule has 0 saturated carbocycles. The minimum absolute atomic E-state index is 0.286. The largest absolute Gasteiger partial charge is 0.573 e. The van der Waals surface area contributed by atoms with Crippen LogP contribution in [0.3, 0.4) is 0 Å². The molecular weight excluding hydrogens is 269 g/mol. The van der Waals surface area contributed by atoms with Crippen LogP contribution in [-0.2, 0) is 0 Å². The third-order valence-electron chi connectivity index (χ3n) is 2.78. The summed E-state index contributed by atoms with van der Waals surface area (Å²) < 4.78 is 40.5. The monoisotopic (exact) mass is 280 g/mol. The lowest BCUT2D eigenvalue weighted by molar-refractivity contribution is -0.274. The highest BCUT2D eigenvalue weighted by molar-refractivity contribution is 5.80. The highest BCUT2D eigenvalue weighted by atomic mass is 19.4. The zero-order valence-corrected chi connectivity index (χ0v) is 10.6. The smallest absolute Gasteiger partial charge is 0.406 e. The molecule has 2 aromatic carbocycles. The van der Waals surface area contributed by atoms with E-state index in [1.807, 2.05) is 6.92 Å². The summed E-state index contributed by atoms with van der Waals surface area (Å²) in [6.45, 7) is 1.82. The fourth-order valence-corrected chi connectivity index (χ4v) is 1.88. The van der Waals surface area contributed by atoms with Gasteiger partial charge in [-0.3, -0.25) is 4.79 Å². The van der Waals surface area contributed by atoms with E-state index in [4.69, 9.17) is 0 Å². The average molecular weight is 280 g/mol. The van der Waals surface area contributed by atoms with E-state index < -0.39 is 6.36 Å². The van der Waals surface area contributed by atoms with E-state index in [0.717, 1.165) is 5.56 Å². The molecule has 0 radical (unpaired) electrons. The number of carbonyl (C=O) groups is 1. The molecule has 0 fully saturated rings. The van der Waals surface area contributed by atoms with Crippen LogP contribution in [0.2, 0.25) is 0 Å². The van der Waals surface area contributed by atoms with Gasteiger partial charge >= 0.3 is 6.36 Å². The van der Waals surface area contributed by atoms with Crippen molar-refractivity contribution in [3.63, 3.8) is 0 Å². The van der Waals surface area contributed by atoms with Gasteiger partial charge in [-0.05, 0) is 41.8 Å². The Labute approximate surface area is 113 Å². The Bertz CT molecular complexity index is 633. The van der Waals surface area contributed by atoms with Gasteiger partial charge in [-0.2, -0.15) is 0 Å². The van der Waals surface area contributed by atoms with Crippen LogP contribution in [0.15, 0.2) is 42.5 Å². The Morgan fingerprint density at radius 1 is 1.10 bits per heavy atom. The first kappa shape index (κ1) is 14.1. The van der Waals surface area contributed by atoms with Gasteiger partial charge in [0.25, 0.3) is 0 Å². The van der Waals surface area contributed by atoms with Gasteiger partial charge in [0.15, 0.2) is 0 Å². The van der Waals surface area contributed by atoms with Gasteiger partial charge in [-0.15, -0.1) is 13.2 Å². The fraction of sp³-hybridized carbons (Fsp3) is 0.133. The molecule has 0 heterocycles.